The van der Waals surface area contributed by atoms with Crippen LogP contribution in [0, 0.1) is 0 Å². The van der Waals surface area contributed by atoms with Crippen molar-refractivity contribution in [3.8, 4) is 0 Å². The molecule has 1 atom stereocenters. The van der Waals surface area contributed by atoms with Crippen LogP contribution in [0.3, 0.4) is 0 Å². The third kappa shape index (κ3) is 2.67. The first-order valence-corrected chi connectivity index (χ1v) is 4.36. The zero-order valence-corrected chi connectivity index (χ0v) is 8.09. The average molecular weight is 190 g/mol. The molecule has 74 valence electrons. The monoisotopic (exact) mass is 190 g/mol. The summed E-state index contributed by atoms with van der Waals surface area (Å²) in [6.07, 6.45) is 4.58. The molecule has 0 saturated carbocycles. The fourth-order valence-electron chi connectivity index (χ4n) is 1.07. The SMILES string of the molecule is CC(N)/C(=C\N=CN)c1ccccn1. The number of nitrogens with two attached hydrogens (primary N) is 2. The summed E-state index contributed by atoms with van der Waals surface area (Å²) >= 11 is 0. The maximum absolute atomic E-state index is 5.79. The van der Waals surface area contributed by atoms with Crippen LogP contribution in [0.15, 0.2) is 35.6 Å². The molecule has 0 aliphatic heterocycles. The molecule has 0 fully saturated rings. The van der Waals surface area contributed by atoms with Crippen molar-refractivity contribution in [2.45, 2.75) is 13.0 Å². The van der Waals surface area contributed by atoms with Gasteiger partial charge in [0.2, 0.25) is 0 Å². The third-order valence-corrected chi connectivity index (χ3v) is 1.75. The molecule has 1 unspecified atom stereocenters. The largest absolute Gasteiger partial charge is 0.390 e. The van der Waals surface area contributed by atoms with Gasteiger partial charge in [-0.15, -0.1) is 0 Å². The Morgan fingerprint density at radius 1 is 1.57 bits per heavy atom. The molecular weight excluding hydrogens is 176 g/mol. The quantitative estimate of drug-likeness (QED) is 0.545. The number of pyridine rings is 1. The lowest BCUT2D eigenvalue weighted by Crippen LogP contribution is -2.17. The van der Waals surface area contributed by atoms with E-state index in [9.17, 15) is 0 Å². The highest BCUT2D eigenvalue weighted by Gasteiger charge is 2.06. The van der Waals surface area contributed by atoms with E-state index in [1.54, 1.807) is 12.4 Å². The van der Waals surface area contributed by atoms with Gasteiger partial charge >= 0.3 is 0 Å². The van der Waals surface area contributed by atoms with Crippen LogP contribution >= 0.6 is 0 Å². The normalized spacial score (nSPS) is 14.6. The number of aliphatic imine (C=N–C) groups is 1. The Kier molecular flexibility index (Phi) is 3.82. The molecule has 4 heteroatoms. The number of hydrogen-bond donors (Lipinski definition) is 2. The minimum atomic E-state index is -0.117. The summed E-state index contributed by atoms with van der Waals surface area (Å²) in [6, 6.07) is 5.54. The van der Waals surface area contributed by atoms with E-state index in [1.807, 2.05) is 25.1 Å². The molecule has 4 N–H and O–H groups in total. The van der Waals surface area contributed by atoms with Crippen molar-refractivity contribution in [1.29, 1.82) is 0 Å². The van der Waals surface area contributed by atoms with Gasteiger partial charge in [-0.2, -0.15) is 0 Å². The molecule has 0 amide bonds. The van der Waals surface area contributed by atoms with Crippen molar-refractivity contribution >= 4 is 11.9 Å². The molecular formula is C10H14N4. The van der Waals surface area contributed by atoms with E-state index in [2.05, 4.69) is 9.98 Å². The molecule has 1 aromatic heterocycles. The predicted molar refractivity (Wildman–Crippen MR) is 58.5 cm³/mol. The molecule has 0 aromatic carbocycles. The van der Waals surface area contributed by atoms with E-state index in [4.69, 9.17) is 11.5 Å². The first kappa shape index (κ1) is 10.4. The van der Waals surface area contributed by atoms with Crippen LogP contribution in [-0.4, -0.2) is 17.4 Å². The average Bonchev–Trinajstić information content (AvgIpc) is 2.19. The number of hydrogen-bond acceptors (Lipinski definition) is 3. The summed E-state index contributed by atoms with van der Waals surface area (Å²) in [5, 5.41) is 0. The Hall–Kier alpha value is -1.68. The molecule has 1 rings (SSSR count). The van der Waals surface area contributed by atoms with E-state index in [1.165, 1.54) is 6.34 Å². The highest BCUT2D eigenvalue weighted by atomic mass is 14.8. The molecule has 4 nitrogen and oxygen atoms in total. The molecule has 1 aromatic rings. The lowest BCUT2D eigenvalue weighted by Gasteiger charge is -2.08. The van der Waals surface area contributed by atoms with Gasteiger partial charge in [-0.1, -0.05) is 6.07 Å². The standard InChI is InChI=1S/C10H14N4/c1-8(12)9(6-13-7-11)10-4-2-3-5-14-10/h2-8H,12H2,1H3,(H2,11,13)/b9-6+. The molecule has 14 heavy (non-hydrogen) atoms. The Morgan fingerprint density at radius 2 is 2.36 bits per heavy atom. The van der Waals surface area contributed by atoms with Gasteiger partial charge in [-0.25, -0.2) is 4.99 Å². The Balaban J connectivity index is 3.01. The van der Waals surface area contributed by atoms with Gasteiger partial charge in [0.15, 0.2) is 0 Å². The second kappa shape index (κ2) is 5.14. The van der Waals surface area contributed by atoms with Gasteiger partial charge in [-0.3, -0.25) is 4.98 Å². The highest BCUT2D eigenvalue weighted by Crippen LogP contribution is 2.13. The maximum Gasteiger partial charge on any atom is 0.0852 e. The smallest absolute Gasteiger partial charge is 0.0852 e. The molecule has 0 aliphatic carbocycles. The van der Waals surface area contributed by atoms with Crippen LogP contribution in [0.25, 0.3) is 5.57 Å². The fourth-order valence-corrected chi connectivity index (χ4v) is 1.07. The summed E-state index contributed by atoms with van der Waals surface area (Å²) in [4.78, 5) is 8.03. The van der Waals surface area contributed by atoms with E-state index >= 15 is 0 Å². The lowest BCUT2D eigenvalue weighted by molar-refractivity contribution is 0.934. The fraction of sp³-hybridized carbons (Fsp3) is 0.200. The van der Waals surface area contributed by atoms with E-state index < -0.39 is 0 Å². The predicted octanol–water partition coefficient (Wildman–Crippen LogP) is 0.757. The highest BCUT2D eigenvalue weighted by molar-refractivity contribution is 5.67. The summed E-state index contributed by atoms with van der Waals surface area (Å²) in [7, 11) is 0. The van der Waals surface area contributed by atoms with Gasteiger partial charge in [0.25, 0.3) is 0 Å². The Morgan fingerprint density at radius 3 is 2.86 bits per heavy atom. The summed E-state index contributed by atoms with van der Waals surface area (Å²) < 4.78 is 0. The van der Waals surface area contributed by atoms with Crippen LogP contribution in [-0.2, 0) is 0 Å². The minimum Gasteiger partial charge on any atom is -0.390 e. The van der Waals surface area contributed by atoms with Crippen LogP contribution in [0.2, 0.25) is 0 Å². The third-order valence-electron chi connectivity index (χ3n) is 1.75. The minimum absolute atomic E-state index is 0.117. The molecule has 0 spiro atoms. The summed E-state index contributed by atoms with van der Waals surface area (Å²) in [5.74, 6) is 0. The molecule has 0 saturated heterocycles. The number of nitrogens with zero attached hydrogens (tertiary/aromatic N) is 2. The first-order valence-electron chi connectivity index (χ1n) is 4.36. The van der Waals surface area contributed by atoms with Crippen LogP contribution in [0.1, 0.15) is 12.6 Å². The van der Waals surface area contributed by atoms with Crippen molar-refractivity contribution < 1.29 is 0 Å². The molecule has 0 radical (unpaired) electrons. The molecule has 1 heterocycles. The van der Waals surface area contributed by atoms with Crippen LogP contribution in [0.5, 0.6) is 0 Å². The van der Waals surface area contributed by atoms with Crippen molar-refractivity contribution in [2.75, 3.05) is 0 Å². The Labute approximate surface area is 83.4 Å². The van der Waals surface area contributed by atoms with E-state index in [0.29, 0.717) is 0 Å². The lowest BCUT2D eigenvalue weighted by atomic mass is 10.1. The second-order valence-electron chi connectivity index (χ2n) is 2.89. The zero-order chi connectivity index (χ0) is 10.4. The van der Waals surface area contributed by atoms with Crippen LogP contribution < -0.4 is 11.5 Å². The molecule has 0 bridgehead atoms. The maximum atomic E-state index is 5.79. The van der Waals surface area contributed by atoms with E-state index in [-0.39, 0.29) is 6.04 Å². The number of aromatic nitrogens is 1. The van der Waals surface area contributed by atoms with Crippen molar-refractivity contribution in [3.05, 3.63) is 36.3 Å². The molecule has 0 aliphatic rings. The van der Waals surface area contributed by atoms with Gasteiger partial charge < -0.3 is 11.5 Å². The van der Waals surface area contributed by atoms with Crippen molar-refractivity contribution in [2.24, 2.45) is 16.5 Å². The Bertz CT molecular complexity index is 327. The second-order valence-corrected chi connectivity index (χ2v) is 2.89. The zero-order valence-electron chi connectivity index (χ0n) is 8.09. The summed E-state index contributed by atoms with van der Waals surface area (Å²) in [6.45, 7) is 1.88. The van der Waals surface area contributed by atoms with Gasteiger partial charge in [0.05, 0.1) is 12.0 Å². The summed E-state index contributed by atoms with van der Waals surface area (Å²) in [5.41, 5.74) is 12.6. The van der Waals surface area contributed by atoms with Gasteiger partial charge in [0, 0.05) is 24.0 Å². The van der Waals surface area contributed by atoms with Crippen LogP contribution in [0.4, 0.5) is 0 Å². The number of rotatable bonds is 3. The van der Waals surface area contributed by atoms with E-state index in [0.717, 1.165) is 11.3 Å². The first-order chi connectivity index (χ1) is 6.75. The van der Waals surface area contributed by atoms with Gasteiger partial charge in [0.1, 0.15) is 0 Å². The van der Waals surface area contributed by atoms with Crippen molar-refractivity contribution in [1.82, 2.24) is 4.98 Å². The van der Waals surface area contributed by atoms with Gasteiger partial charge in [-0.05, 0) is 19.1 Å². The van der Waals surface area contributed by atoms with Crippen molar-refractivity contribution in [3.63, 3.8) is 0 Å². The topological polar surface area (TPSA) is 77.3 Å².